The van der Waals surface area contributed by atoms with Gasteiger partial charge in [0.25, 0.3) is 0 Å². The number of hydrogen-bond donors (Lipinski definition) is 0. The van der Waals surface area contributed by atoms with Gasteiger partial charge < -0.3 is 13.9 Å². The van der Waals surface area contributed by atoms with Crippen molar-refractivity contribution < 1.29 is 4.42 Å². The summed E-state index contributed by atoms with van der Waals surface area (Å²) >= 11 is 0. The predicted molar refractivity (Wildman–Crippen MR) is 249 cm³/mol. The molecule has 0 saturated carbocycles. The van der Waals surface area contributed by atoms with Gasteiger partial charge in [-0.05, 0) is 111 Å². The second kappa shape index (κ2) is 13.4. The minimum atomic E-state index is 0.878. The van der Waals surface area contributed by atoms with Crippen LogP contribution < -0.4 is 4.90 Å². The van der Waals surface area contributed by atoms with E-state index < -0.39 is 0 Å². The molecular weight excluding hydrogens is 717 g/mol. The van der Waals surface area contributed by atoms with Crippen LogP contribution in [0.4, 0.5) is 17.1 Å². The predicted octanol–water partition coefficient (Wildman–Crippen LogP) is 15.8. The Balaban J connectivity index is 1.03. The van der Waals surface area contributed by atoms with Crippen molar-refractivity contribution in [3.05, 3.63) is 218 Å². The fraction of sp³-hybridized carbons (Fsp3) is 0. The van der Waals surface area contributed by atoms with E-state index in [2.05, 4.69) is 216 Å². The molecule has 276 valence electrons. The Kier molecular flexibility index (Phi) is 7.54. The van der Waals surface area contributed by atoms with Crippen molar-refractivity contribution in [2.75, 3.05) is 4.90 Å². The second-order valence-electron chi connectivity index (χ2n) is 15.3. The number of nitrogens with zero attached hydrogens (tertiary/aromatic N) is 2. The molecule has 0 spiro atoms. The van der Waals surface area contributed by atoms with Crippen LogP contribution in [0.5, 0.6) is 0 Å². The number of anilines is 3. The van der Waals surface area contributed by atoms with E-state index in [0.29, 0.717) is 0 Å². The average Bonchev–Trinajstić information content (AvgIpc) is 3.85. The van der Waals surface area contributed by atoms with Gasteiger partial charge in [-0.25, -0.2) is 0 Å². The van der Waals surface area contributed by atoms with Crippen molar-refractivity contribution in [2.24, 2.45) is 0 Å². The van der Waals surface area contributed by atoms with E-state index >= 15 is 0 Å². The summed E-state index contributed by atoms with van der Waals surface area (Å²) in [5.74, 6) is 0. The third-order valence-electron chi connectivity index (χ3n) is 12.0. The van der Waals surface area contributed by atoms with Crippen LogP contribution in [0.15, 0.2) is 223 Å². The highest BCUT2D eigenvalue weighted by Crippen LogP contribution is 2.43. The Morgan fingerprint density at radius 2 is 0.915 bits per heavy atom. The molecule has 0 radical (unpaired) electrons. The van der Waals surface area contributed by atoms with Crippen LogP contribution in [0, 0.1) is 0 Å². The van der Waals surface area contributed by atoms with Crippen molar-refractivity contribution in [1.82, 2.24) is 4.57 Å². The Hall–Kier alpha value is -7.88. The van der Waals surface area contributed by atoms with Crippen molar-refractivity contribution in [3.8, 4) is 27.9 Å². The van der Waals surface area contributed by atoms with Gasteiger partial charge in [-0.2, -0.15) is 0 Å². The van der Waals surface area contributed by atoms with Crippen LogP contribution in [-0.4, -0.2) is 4.57 Å². The smallest absolute Gasteiger partial charge is 0.135 e. The minimum Gasteiger partial charge on any atom is -0.456 e. The summed E-state index contributed by atoms with van der Waals surface area (Å²) in [6.45, 7) is 0. The largest absolute Gasteiger partial charge is 0.456 e. The highest BCUT2D eigenvalue weighted by atomic mass is 16.3. The molecule has 2 heterocycles. The van der Waals surface area contributed by atoms with Crippen LogP contribution >= 0.6 is 0 Å². The monoisotopic (exact) mass is 752 g/mol. The summed E-state index contributed by atoms with van der Waals surface area (Å²) < 4.78 is 8.70. The second-order valence-corrected chi connectivity index (χ2v) is 15.3. The summed E-state index contributed by atoms with van der Waals surface area (Å²) in [5.41, 5.74) is 13.2. The number of aromatic nitrogens is 1. The zero-order valence-electron chi connectivity index (χ0n) is 32.1. The topological polar surface area (TPSA) is 21.3 Å². The lowest BCUT2D eigenvalue weighted by molar-refractivity contribution is 0.669. The molecule has 0 N–H and O–H groups in total. The van der Waals surface area contributed by atoms with Crippen LogP contribution in [0.3, 0.4) is 0 Å². The lowest BCUT2D eigenvalue weighted by atomic mass is 9.93. The normalized spacial score (nSPS) is 11.7. The van der Waals surface area contributed by atoms with Crippen LogP contribution in [0.2, 0.25) is 0 Å². The lowest BCUT2D eigenvalue weighted by Gasteiger charge is -2.26. The molecule has 0 saturated heterocycles. The summed E-state index contributed by atoms with van der Waals surface area (Å²) in [6.07, 6.45) is 0. The summed E-state index contributed by atoms with van der Waals surface area (Å²) in [7, 11) is 0. The number of rotatable bonds is 6. The van der Waals surface area contributed by atoms with E-state index in [1.54, 1.807) is 0 Å². The third-order valence-corrected chi connectivity index (χ3v) is 12.0. The molecule has 0 aliphatic heterocycles. The van der Waals surface area contributed by atoms with Crippen LogP contribution in [0.1, 0.15) is 0 Å². The van der Waals surface area contributed by atoms with Gasteiger partial charge in [0.05, 0.1) is 16.7 Å². The van der Waals surface area contributed by atoms with E-state index in [0.717, 1.165) is 50.3 Å². The zero-order valence-corrected chi connectivity index (χ0v) is 32.1. The molecular formula is C56H36N2O. The fourth-order valence-electron chi connectivity index (χ4n) is 9.29. The highest BCUT2D eigenvalue weighted by molar-refractivity contribution is 6.14. The van der Waals surface area contributed by atoms with E-state index in [-0.39, 0.29) is 0 Å². The summed E-state index contributed by atoms with van der Waals surface area (Å²) in [6, 6.07) is 78.8. The van der Waals surface area contributed by atoms with Gasteiger partial charge in [-0.15, -0.1) is 0 Å². The Morgan fingerprint density at radius 1 is 0.322 bits per heavy atom. The highest BCUT2D eigenvalue weighted by Gasteiger charge is 2.19. The molecule has 0 aliphatic carbocycles. The summed E-state index contributed by atoms with van der Waals surface area (Å²) in [5, 5.41) is 9.72. The molecule has 12 aromatic rings. The summed E-state index contributed by atoms with van der Waals surface area (Å²) in [4.78, 5) is 2.37. The third kappa shape index (κ3) is 5.36. The van der Waals surface area contributed by atoms with Crippen molar-refractivity contribution >= 4 is 82.4 Å². The van der Waals surface area contributed by atoms with Gasteiger partial charge in [0.15, 0.2) is 0 Å². The molecule has 12 rings (SSSR count). The molecule has 0 fully saturated rings. The molecule has 0 bridgehead atoms. The minimum absolute atomic E-state index is 0.878. The number of hydrogen-bond acceptors (Lipinski definition) is 2. The van der Waals surface area contributed by atoms with Gasteiger partial charge in [-0.1, -0.05) is 146 Å². The zero-order chi connectivity index (χ0) is 38.9. The SMILES string of the molecule is c1cc(-c2cc3ccccc3c3ccccc23)cc(N(c2ccc(-c3ccccc3-n3c4ccccc4c4ccccc43)cc2)c2ccc3oc4ccccc4c3c2)c1. The Labute approximate surface area is 341 Å². The van der Waals surface area contributed by atoms with Crippen molar-refractivity contribution in [2.45, 2.75) is 0 Å². The number of benzene rings is 10. The number of furan rings is 1. The number of para-hydroxylation sites is 4. The molecule has 59 heavy (non-hydrogen) atoms. The fourth-order valence-corrected chi connectivity index (χ4v) is 9.29. The maximum Gasteiger partial charge on any atom is 0.135 e. The number of fused-ring (bicyclic) bond motifs is 9. The molecule has 3 nitrogen and oxygen atoms in total. The maximum absolute atomic E-state index is 6.29. The van der Waals surface area contributed by atoms with E-state index in [9.17, 15) is 0 Å². The molecule has 10 aromatic carbocycles. The van der Waals surface area contributed by atoms with Crippen molar-refractivity contribution in [3.63, 3.8) is 0 Å². The Morgan fingerprint density at radius 3 is 1.71 bits per heavy atom. The molecule has 2 aromatic heterocycles. The first-order valence-electron chi connectivity index (χ1n) is 20.2. The lowest BCUT2D eigenvalue weighted by Crippen LogP contribution is -2.10. The van der Waals surface area contributed by atoms with E-state index in [1.165, 1.54) is 60.0 Å². The van der Waals surface area contributed by atoms with Crippen molar-refractivity contribution in [1.29, 1.82) is 0 Å². The molecule has 0 atom stereocenters. The van der Waals surface area contributed by atoms with Gasteiger partial charge in [0.1, 0.15) is 11.2 Å². The van der Waals surface area contributed by atoms with E-state index in [1.807, 2.05) is 12.1 Å². The first kappa shape index (κ1) is 33.3. The quantitative estimate of drug-likeness (QED) is 0.158. The van der Waals surface area contributed by atoms with E-state index in [4.69, 9.17) is 4.42 Å². The first-order chi connectivity index (χ1) is 29.3. The maximum atomic E-state index is 6.29. The van der Waals surface area contributed by atoms with Gasteiger partial charge in [0.2, 0.25) is 0 Å². The standard InChI is InChI=1S/C56H36N2O/c1-2-17-43-39(14-1)35-50(46-20-4-3-19-45(43)46)38-15-13-16-41(34-38)57(42-32-33-56-51(36-42)49-23-8-12-27-55(49)59-56)40-30-28-37(29-31-40)44-18-5-9-24-52(44)58-53-25-10-6-21-47(53)48-22-7-11-26-54(48)58/h1-36H. The van der Waals surface area contributed by atoms with Gasteiger partial charge in [0, 0.05) is 44.2 Å². The molecule has 0 amide bonds. The van der Waals surface area contributed by atoms with Crippen LogP contribution in [-0.2, 0) is 0 Å². The van der Waals surface area contributed by atoms with Gasteiger partial charge >= 0.3 is 0 Å². The van der Waals surface area contributed by atoms with Crippen LogP contribution in [0.25, 0.3) is 93.2 Å². The molecule has 0 aliphatic rings. The average molecular weight is 753 g/mol. The molecule has 0 unspecified atom stereocenters. The Bertz CT molecular complexity index is 3520. The molecule has 3 heteroatoms. The van der Waals surface area contributed by atoms with Gasteiger partial charge in [-0.3, -0.25) is 0 Å². The first-order valence-corrected chi connectivity index (χ1v) is 20.2.